The molecule has 1 aliphatic rings. The molecule has 1 amide bonds. The van der Waals surface area contributed by atoms with Crippen molar-refractivity contribution in [3.63, 3.8) is 0 Å². The van der Waals surface area contributed by atoms with Crippen molar-refractivity contribution < 1.29 is 14.3 Å². The van der Waals surface area contributed by atoms with Gasteiger partial charge in [0.05, 0.1) is 13.7 Å². The molecule has 2 heterocycles. The van der Waals surface area contributed by atoms with Crippen LogP contribution in [-0.2, 0) is 9.53 Å². The number of hydrogen-bond acceptors (Lipinski definition) is 6. The summed E-state index contributed by atoms with van der Waals surface area (Å²) in [6.45, 7) is 5.93. The fourth-order valence-electron chi connectivity index (χ4n) is 3.26. The molecule has 27 heavy (non-hydrogen) atoms. The van der Waals surface area contributed by atoms with Crippen LogP contribution in [0.2, 0.25) is 0 Å². The molecule has 1 aromatic heterocycles. The first-order valence-electron chi connectivity index (χ1n) is 8.97. The molecule has 2 aromatic rings. The maximum atomic E-state index is 12.6. The number of amides is 1. The summed E-state index contributed by atoms with van der Waals surface area (Å²) in [7, 11) is 3.44. The van der Waals surface area contributed by atoms with Gasteiger partial charge in [-0.15, -0.1) is 11.3 Å². The number of piperazine rings is 1. The minimum atomic E-state index is -0.437. The van der Waals surface area contributed by atoms with E-state index >= 15 is 0 Å². The number of rotatable bonds is 5. The lowest BCUT2D eigenvalue weighted by atomic mass is 10.0. The van der Waals surface area contributed by atoms with E-state index in [4.69, 9.17) is 4.74 Å². The highest BCUT2D eigenvalue weighted by Gasteiger charge is 2.25. The zero-order valence-corrected chi connectivity index (χ0v) is 16.8. The van der Waals surface area contributed by atoms with Gasteiger partial charge >= 0.3 is 5.97 Å². The van der Waals surface area contributed by atoms with Gasteiger partial charge in [-0.05, 0) is 19.5 Å². The highest BCUT2D eigenvalue weighted by Crippen LogP contribution is 2.40. The van der Waals surface area contributed by atoms with E-state index in [-0.39, 0.29) is 5.91 Å². The summed E-state index contributed by atoms with van der Waals surface area (Å²) in [5, 5.41) is 3.49. The molecule has 6 nitrogen and oxygen atoms in total. The van der Waals surface area contributed by atoms with Gasteiger partial charge in [-0.1, -0.05) is 30.3 Å². The number of ether oxygens (including phenoxy) is 1. The van der Waals surface area contributed by atoms with Gasteiger partial charge in [0, 0.05) is 36.6 Å². The summed E-state index contributed by atoms with van der Waals surface area (Å²) in [5.41, 5.74) is 2.19. The number of thiophene rings is 1. The molecule has 0 radical (unpaired) electrons. The van der Waals surface area contributed by atoms with Crippen LogP contribution in [0.4, 0.5) is 5.00 Å². The maximum absolute atomic E-state index is 12.6. The van der Waals surface area contributed by atoms with E-state index in [1.165, 1.54) is 18.4 Å². The lowest BCUT2D eigenvalue weighted by Crippen LogP contribution is -2.47. The number of anilines is 1. The number of nitrogens with zero attached hydrogens (tertiary/aromatic N) is 2. The highest BCUT2D eigenvalue weighted by atomic mass is 32.1. The van der Waals surface area contributed by atoms with Crippen LogP contribution in [0.1, 0.15) is 15.2 Å². The zero-order chi connectivity index (χ0) is 19.4. The van der Waals surface area contributed by atoms with Gasteiger partial charge in [-0.2, -0.15) is 0 Å². The van der Waals surface area contributed by atoms with Gasteiger partial charge in [0.1, 0.15) is 10.6 Å². The van der Waals surface area contributed by atoms with Crippen molar-refractivity contribution in [2.45, 2.75) is 6.92 Å². The first-order valence-corrected chi connectivity index (χ1v) is 9.79. The fourth-order valence-corrected chi connectivity index (χ4v) is 4.34. The average molecular weight is 388 g/mol. The largest absolute Gasteiger partial charge is 0.465 e. The maximum Gasteiger partial charge on any atom is 0.341 e. The van der Waals surface area contributed by atoms with Crippen molar-refractivity contribution in [1.82, 2.24) is 9.80 Å². The first-order chi connectivity index (χ1) is 13.0. The standard InChI is InChI=1S/C20H25N3O3S/c1-14-17(15-7-5-4-6-8-15)18(20(25)26-3)19(27-14)21-16(24)13-23-11-9-22(2)10-12-23/h4-8H,9-13H2,1-3H3,(H,21,24). The number of carbonyl (C=O) groups excluding carboxylic acids is 2. The van der Waals surface area contributed by atoms with Crippen LogP contribution in [-0.4, -0.2) is 68.6 Å². The van der Waals surface area contributed by atoms with Gasteiger partial charge in [0.2, 0.25) is 5.91 Å². The van der Waals surface area contributed by atoms with Crippen LogP contribution in [0.15, 0.2) is 30.3 Å². The van der Waals surface area contributed by atoms with Gasteiger partial charge < -0.3 is 15.0 Å². The molecule has 0 aliphatic carbocycles. The predicted octanol–water partition coefficient (Wildman–Crippen LogP) is 2.70. The number of carbonyl (C=O) groups is 2. The molecule has 0 bridgehead atoms. The number of hydrogen-bond donors (Lipinski definition) is 1. The molecule has 1 fully saturated rings. The van der Waals surface area contributed by atoms with E-state index in [1.54, 1.807) is 0 Å². The Kier molecular flexibility index (Phi) is 6.26. The van der Waals surface area contributed by atoms with Gasteiger partial charge in [0.15, 0.2) is 0 Å². The molecule has 3 rings (SSSR count). The third-order valence-electron chi connectivity index (χ3n) is 4.75. The monoisotopic (exact) mass is 387 g/mol. The van der Waals surface area contributed by atoms with Crippen molar-refractivity contribution in [1.29, 1.82) is 0 Å². The highest BCUT2D eigenvalue weighted by molar-refractivity contribution is 7.17. The quantitative estimate of drug-likeness (QED) is 0.800. The Morgan fingerprint density at radius 3 is 2.44 bits per heavy atom. The molecule has 144 valence electrons. The second-order valence-corrected chi connectivity index (χ2v) is 7.95. The van der Waals surface area contributed by atoms with Crippen molar-refractivity contribution in [2.24, 2.45) is 0 Å². The molecule has 0 saturated carbocycles. The first kappa shape index (κ1) is 19.5. The van der Waals surface area contributed by atoms with E-state index in [1.807, 2.05) is 37.3 Å². The third kappa shape index (κ3) is 4.55. The van der Waals surface area contributed by atoms with Crippen LogP contribution in [0.25, 0.3) is 11.1 Å². The molecule has 1 N–H and O–H groups in total. The van der Waals surface area contributed by atoms with E-state index in [9.17, 15) is 9.59 Å². The molecule has 0 unspecified atom stereocenters. The number of benzene rings is 1. The third-order valence-corrected chi connectivity index (χ3v) is 5.77. The van der Waals surface area contributed by atoms with Gasteiger partial charge in [0.25, 0.3) is 0 Å². The Morgan fingerprint density at radius 2 is 1.81 bits per heavy atom. The molecule has 1 aromatic carbocycles. The molecule has 7 heteroatoms. The number of esters is 1. The summed E-state index contributed by atoms with van der Waals surface area (Å²) in [6.07, 6.45) is 0. The van der Waals surface area contributed by atoms with Crippen molar-refractivity contribution in [2.75, 3.05) is 52.2 Å². The Morgan fingerprint density at radius 1 is 1.15 bits per heavy atom. The van der Waals surface area contributed by atoms with Crippen LogP contribution in [0, 0.1) is 6.92 Å². The normalized spacial score (nSPS) is 15.5. The van der Waals surface area contributed by atoms with Gasteiger partial charge in [-0.25, -0.2) is 4.79 Å². The summed E-state index contributed by atoms with van der Waals surface area (Å²) in [4.78, 5) is 30.4. The second kappa shape index (κ2) is 8.65. The molecular formula is C20H25N3O3S. The topological polar surface area (TPSA) is 61.9 Å². The number of methoxy groups -OCH3 is 1. The summed E-state index contributed by atoms with van der Waals surface area (Å²) < 4.78 is 5.00. The Bertz CT molecular complexity index is 811. The van der Waals surface area contributed by atoms with E-state index in [0.717, 1.165) is 42.2 Å². The minimum absolute atomic E-state index is 0.106. The number of likely N-dealkylation sites (N-methyl/N-ethyl adjacent to an activating group) is 1. The second-order valence-electron chi connectivity index (χ2n) is 6.72. The van der Waals surface area contributed by atoms with Crippen LogP contribution in [0.5, 0.6) is 0 Å². The van der Waals surface area contributed by atoms with Crippen LogP contribution >= 0.6 is 11.3 Å². The van der Waals surface area contributed by atoms with E-state index in [0.29, 0.717) is 17.1 Å². The predicted molar refractivity (Wildman–Crippen MR) is 108 cm³/mol. The number of nitrogens with one attached hydrogen (secondary N) is 1. The number of aryl methyl sites for hydroxylation is 1. The lowest BCUT2D eigenvalue weighted by molar-refractivity contribution is -0.117. The SMILES string of the molecule is COC(=O)c1c(NC(=O)CN2CCN(C)CC2)sc(C)c1-c1ccccc1. The smallest absolute Gasteiger partial charge is 0.341 e. The van der Waals surface area contributed by atoms with Crippen molar-refractivity contribution in [3.05, 3.63) is 40.8 Å². The summed E-state index contributed by atoms with van der Waals surface area (Å²) >= 11 is 1.41. The van der Waals surface area contributed by atoms with Gasteiger partial charge in [-0.3, -0.25) is 9.69 Å². The zero-order valence-electron chi connectivity index (χ0n) is 15.9. The molecule has 0 atom stereocenters. The van der Waals surface area contributed by atoms with Crippen molar-refractivity contribution in [3.8, 4) is 11.1 Å². The van der Waals surface area contributed by atoms with Crippen LogP contribution in [0.3, 0.4) is 0 Å². The molecule has 1 aliphatic heterocycles. The average Bonchev–Trinajstić information content (AvgIpc) is 2.99. The summed E-state index contributed by atoms with van der Waals surface area (Å²) in [6, 6.07) is 9.70. The Labute approximate surface area is 163 Å². The van der Waals surface area contributed by atoms with E-state index < -0.39 is 5.97 Å². The van der Waals surface area contributed by atoms with Crippen LogP contribution < -0.4 is 5.32 Å². The molecule has 0 spiro atoms. The lowest BCUT2D eigenvalue weighted by Gasteiger charge is -2.31. The fraction of sp³-hybridized carbons (Fsp3) is 0.400. The molecular weight excluding hydrogens is 362 g/mol. The van der Waals surface area contributed by atoms with Crippen molar-refractivity contribution >= 4 is 28.2 Å². The molecule has 1 saturated heterocycles. The minimum Gasteiger partial charge on any atom is -0.465 e. The Hall–Kier alpha value is -2.22. The van der Waals surface area contributed by atoms with E-state index in [2.05, 4.69) is 22.2 Å². The Balaban J connectivity index is 1.83. The summed E-state index contributed by atoms with van der Waals surface area (Å²) in [5.74, 6) is -0.543.